The molecule has 0 amide bonds. The summed E-state index contributed by atoms with van der Waals surface area (Å²) in [5.41, 5.74) is 0. The standard InChI is InChI=1S/C28H42O5Si/c1-7-14-27(32-22-31-20-19-30-6)26(23(2)29)21-33-34(28(3,4)5,24-15-10-8-11-16-24)25-17-12-9-13-18-25/h7-13,15-18,23,26-27,29H,1,14,19-22H2,2-6H3/t23-,26-,27-/m1/s1. The normalized spacial score (nSPS) is 15.0. The van der Waals surface area contributed by atoms with E-state index in [2.05, 4.69) is 75.9 Å². The minimum absolute atomic E-state index is 0.129. The van der Waals surface area contributed by atoms with Gasteiger partial charge in [0.2, 0.25) is 0 Å². The van der Waals surface area contributed by atoms with E-state index in [4.69, 9.17) is 18.6 Å². The van der Waals surface area contributed by atoms with E-state index in [0.717, 1.165) is 0 Å². The Balaban J connectivity index is 2.38. The summed E-state index contributed by atoms with van der Waals surface area (Å²) >= 11 is 0. The van der Waals surface area contributed by atoms with Crippen LogP contribution in [0.3, 0.4) is 0 Å². The van der Waals surface area contributed by atoms with Crippen LogP contribution in [0.4, 0.5) is 0 Å². The Morgan fingerprint density at radius 1 is 0.971 bits per heavy atom. The van der Waals surface area contributed by atoms with Gasteiger partial charge in [0.25, 0.3) is 8.32 Å². The van der Waals surface area contributed by atoms with Gasteiger partial charge in [-0.25, -0.2) is 0 Å². The molecule has 2 aromatic rings. The highest BCUT2D eigenvalue weighted by molar-refractivity contribution is 6.99. The Kier molecular flexibility index (Phi) is 11.6. The molecule has 3 atom stereocenters. The fourth-order valence-corrected chi connectivity index (χ4v) is 9.01. The van der Waals surface area contributed by atoms with Gasteiger partial charge in [-0.3, -0.25) is 0 Å². The smallest absolute Gasteiger partial charge is 0.261 e. The molecule has 0 unspecified atom stereocenters. The Morgan fingerprint density at radius 2 is 1.53 bits per heavy atom. The molecular formula is C28H42O5Si. The average Bonchev–Trinajstić information content (AvgIpc) is 2.81. The highest BCUT2D eigenvalue weighted by Crippen LogP contribution is 2.37. The van der Waals surface area contributed by atoms with Gasteiger partial charge in [0.15, 0.2) is 0 Å². The maximum absolute atomic E-state index is 10.8. The van der Waals surface area contributed by atoms with Crippen molar-refractivity contribution in [3.05, 3.63) is 73.3 Å². The number of hydrogen-bond acceptors (Lipinski definition) is 5. The van der Waals surface area contributed by atoms with Crippen LogP contribution in [0.2, 0.25) is 5.04 Å². The molecule has 0 heterocycles. The number of rotatable bonds is 15. The highest BCUT2D eigenvalue weighted by Gasteiger charge is 2.50. The monoisotopic (exact) mass is 486 g/mol. The quantitative estimate of drug-likeness (QED) is 0.177. The molecular weight excluding hydrogens is 444 g/mol. The fraction of sp³-hybridized carbons (Fsp3) is 0.500. The molecule has 6 heteroatoms. The molecule has 0 fully saturated rings. The van der Waals surface area contributed by atoms with Gasteiger partial charge in [-0.15, -0.1) is 6.58 Å². The number of hydrogen-bond donors (Lipinski definition) is 1. The molecule has 34 heavy (non-hydrogen) atoms. The second-order valence-corrected chi connectivity index (χ2v) is 13.9. The van der Waals surface area contributed by atoms with E-state index < -0.39 is 14.4 Å². The van der Waals surface area contributed by atoms with Crippen molar-refractivity contribution in [1.29, 1.82) is 0 Å². The maximum atomic E-state index is 10.8. The lowest BCUT2D eigenvalue weighted by Gasteiger charge is -2.44. The topological polar surface area (TPSA) is 57.2 Å². The van der Waals surface area contributed by atoms with Crippen molar-refractivity contribution in [3.63, 3.8) is 0 Å². The third-order valence-electron chi connectivity index (χ3n) is 6.20. The van der Waals surface area contributed by atoms with E-state index in [1.165, 1.54) is 10.4 Å². The zero-order chi connectivity index (χ0) is 25.0. The van der Waals surface area contributed by atoms with Crippen LogP contribution in [-0.4, -0.2) is 59.4 Å². The number of benzene rings is 2. The lowest BCUT2D eigenvalue weighted by Crippen LogP contribution is -2.67. The first-order valence-electron chi connectivity index (χ1n) is 12.0. The van der Waals surface area contributed by atoms with Crippen molar-refractivity contribution < 1.29 is 23.7 Å². The second-order valence-electron chi connectivity index (χ2n) is 9.63. The van der Waals surface area contributed by atoms with E-state index in [9.17, 15) is 5.11 Å². The molecule has 0 aliphatic rings. The molecule has 0 saturated heterocycles. The summed E-state index contributed by atoms with van der Waals surface area (Å²) < 4.78 is 23.7. The van der Waals surface area contributed by atoms with E-state index in [0.29, 0.717) is 26.2 Å². The molecule has 188 valence electrons. The summed E-state index contributed by atoms with van der Waals surface area (Å²) in [5.74, 6) is -0.245. The van der Waals surface area contributed by atoms with Gasteiger partial charge in [-0.05, 0) is 28.8 Å². The first kappa shape index (κ1) is 28.4. The Bertz CT molecular complexity index is 780. The first-order chi connectivity index (χ1) is 16.3. The number of aliphatic hydroxyl groups is 1. The van der Waals surface area contributed by atoms with E-state index >= 15 is 0 Å². The van der Waals surface area contributed by atoms with E-state index in [-0.39, 0.29) is 23.9 Å². The number of ether oxygens (including phenoxy) is 3. The molecule has 2 aromatic carbocycles. The molecule has 0 aliphatic carbocycles. The summed E-state index contributed by atoms with van der Waals surface area (Å²) in [6.45, 7) is 13.9. The van der Waals surface area contributed by atoms with Crippen LogP contribution in [0.15, 0.2) is 73.3 Å². The molecule has 0 aliphatic heterocycles. The molecule has 0 saturated carbocycles. The molecule has 5 nitrogen and oxygen atoms in total. The Hall–Kier alpha value is -1.80. The SMILES string of the molecule is C=CC[C@@H](OCOCCOC)[C@H](CO[Si](c1ccccc1)(c1ccccc1)C(C)(C)C)[C@@H](C)O. The molecule has 1 N–H and O–H groups in total. The van der Waals surface area contributed by atoms with Gasteiger partial charge in [-0.1, -0.05) is 87.5 Å². The summed E-state index contributed by atoms with van der Waals surface area (Å²) in [4.78, 5) is 0. The van der Waals surface area contributed by atoms with Gasteiger partial charge < -0.3 is 23.7 Å². The summed E-state index contributed by atoms with van der Waals surface area (Å²) in [6, 6.07) is 21.0. The van der Waals surface area contributed by atoms with Crippen molar-refractivity contribution in [1.82, 2.24) is 0 Å². The Morgan fingerprint density at radius 3 is 1.97 bits per heavy atom. The fourth-order valence-electron chi connectivity index (χ4n) is 4.41. The van der Waals surface area contributed by atoms with Gasteiger partial charge in [-0.2, -0.15) is 0 Å². The minimum Gasteiger partial charge on any atom is -0.407 e. The first-order valence-corrected chi connectivity index (χ1v) is 13.9. The van der Waals surface area contributed by atoms with Crippen LogP contribution in [0, 0.1) is 5.92 Å². The summed E-state index contributed by atoms with van der Waals surface area (Å²) in [5, 5.41) is 13.0. The van der Waals surface area contributed by atoms with Gasteiger partial charge in [0, 0.05) is 19.6 Å². The average molecular weight is 487 g/mol. The van der Waals surface area contributed by atoms with Crippen molar-refractivity contribution in [2.45, 2.75) is 51.4 Å². The van der Waals surface area contributed by atoms with Gasteiger partial charge in [0.1, 0.15) is 6.79 Å². The third kappa shape index (κ3) is 7.35. The molecule has 0 radical (unpaired) electrons. The van der Waals surface area contributed by atoms with Crippen molar-refractivity contribution >= 4 is 18.7 Å². The lowest BCUT2D eigenvalue weighted by molar-refractivity contribution is -0.129. The maximum Gasteiger partial charge on any atom is 0.261 e. The van der Waals surface area contributed by atoms with Gasteiger partial charge in [0.05, 0.1) is 25.4 Å². The van der Waals surface area contributed by atoms with E-state index in [1.807, 2.05) is 18.2 Å². The number of methoxy groups -OCH3 is 1. The van der Waals surface area contributed by atoms with Crippen LogP contribution >= 0.6 is 0 Å². The third-order valence-corrected chi connectivity index (χ3v) is 11.2. The van der Waals surface area contributed by atoms with Crippen molar-refractivity contribution in [3.8, 4) is 0 Å². The van der Waals surface area contributed by atoms with Crippen LogP contribution in [0.5, 0.6) is 0 Å². The second kappa shape index (κ2) is 13.9. The molecule has 0 bridgehead atoms. The number of aliphatic hydroxyl groups excluding tert-OH is 1. The predicted molar refractivity (Wildman–Crippen MR) is 141 cm³/mol. The van der Waals surface area contributed by atoms with Gasteiger partial charge >= 0.3 is 0 Å². The highest BCUT2D eigenvalue weighted by atomic mass is 28.4. The van der Waals surface area contributed by atoms with E-state index in [1.54, 1.807) is 14.0 Å². The van der Waals surface area contributed by atoms with Crippen LogP contribution in [0.1, 0.15) is 34.1 Å². The predicted octanol–water partition coefficient (Wildman–Crippen LogP) is 4.14. The lowest BCUT2D eigenvalue weighted by atomic mass is 9.95. The molecule has 2 rings (SSSR count). The van der Waals surface area contributed by atoms with Crippen molar-refractivity contribution in [2.75, 3.05) is 33.7 Å². The Labute approximate surface area is 206 Å². The zero-order valence-corrected chi connectivity index (χ0v) is 22.4. The van der Waals surface area contributed by atoms with Crippen molar-refractivity contribution in [2.24, 2.45) is 5.92 Å². The molecule has 0 spiro atoms. The zero-order valence-electron chi connectivity index (χ0n) is 21.4. The largest absolute Gasteiger partial charge is 0.407 e. The summed E-state index contributed by atoms with van der Waals surface area (Å²) in [7, 11) is -1.08. The molecule has 0 aromatic heterocycles. The van der Waals surface area contributed by atoms with Crippen LogP contribution in [-0.2, 0) is 18.6 Å². The van der Waals surface area contributed by atoms with Crippen LogP contribution < -0.4 is 10.4 Å². The minimum atomic E-state index is -2.72. The van der Waals surface area contributed by atoms with Crippen LogP contribution in [0.25, 0.3) is 0 Å². The summed E-state index contributed by atoms with van der Waals surface area (Å²) in [6.07, 6.45) is 1.51.